The van der Waals surface area contributed by atoms with Crippen molar-refractivity contribution >= 4 is 22.5 Å². The molecule has 1 fully saturated rings. The average molecular weight is 271 g/mol. The summed E-state index contributed by atoms with van der Waals surface area (Å²) in [6.07, 6.45) is 2.23. The Hall–Kier alpha value is -1.19. The highest BCUT2D eigenvalue weighted by molar-refractivity contribution is 7.99. The van der Waals surface area contributed by atoms with Crippen LogP contribution in [0.2, 0.25) is 0 Å². The first-order valence-electron chi connectivity index (χ1n) is 6.91. The number of hydrogen-bond donors (Lipinski definition) is 1. The van der Waals surface area contributed by atoms with E-state index in [0.29, 0.717) is 0 Å². The molecular formula is C16H17NOS. The first-order valence-corrected chi connectivity index (χ1v) is 7.89. The molecular weight excluding hydrogens is 254 g/mol. The number of thioether (sulfide) groups is 1. The molecule has 2 nitrogen and oxygen atoms in total. The van der Waals surface area contributed by atoms with Gasteiger partial charge in [-0.2, -0.15) is 0 Å². The van der Waals surface area contributed by atoms with Crippen LogP contribution in [0.15, 0.2) is 41.3 Å². The topological polar surface area (TPSA) is 21.3 Å². The van der Waals surface area contributed by atoms with E-state index in [0.717, 1.165) is 37.4 Å². The van der Waals surface area contributed by atoms with Gasteiger partial charge in [-0.3, -0.25) is 0 Å². The Labute approximate surface area is 117 Å². The summed E-state index contributed by atoms with van der Waals surface area (Å²) in [5, 5.41) is 5.95. The third kappa shape index (κ3) is 1.92. The van der Waals surface area contributed by atoms with Crippen LogP contribution in [0, 0.1) is 0 Å². The highest BCUT2D eigenvalue weighted by Gasteiger charge is 2.38. The van der Waals surface area contributed by atoms with E-state index in [1.54, 1.807) is 0 Å². The van der Waals surface area contributed by atoms with Gasteiger partial charge in [0, 0.05) is 24.0 Å². The summed E-state index contributed by atoms with van der Waals surface area (Å²) in [5.41, 5.74) is 0.0487. The zero-order chi connectivity index (χ0) is 12.7. The Balaban J connectivity index is 1.82. The van der Waals surface area contributed by atoms with E-state index in [2.05, 4.69) is 41.7 Å². The minimum absolute atomic E-state index is 0.0487. The maximum absolute atomic E-state index is 6.51. The van der Waals surface area contributed by atoms with E-state index in [4.69, 9.17) is 4.74 Å². The van der Waals surface area contributed by atoms with Gasteiger partial charge in [-0.05, 0) is 24.5 Å². The molecule has 2 aromatic rings. The first-order chi connectivity index (χ1) is 9.36. The monoisotopic (exact) mass is 271 g/mol. The molecule has 0 aromatic heterocycles. The number of piperidine rings is 1. The molecule has 98 valence electrons. The third-order valence-corrected chi connectivity index (χ3v) is 5.47. The summed E-state index contributed by atoms with van der Waals surface area (Å²) < 4.78 is 6.51. The lowest BCUT2D eigenvalue weighted by Gasteiger charge is -2.41. The molecule has 0 atom stereocenters. The minimum Gasteiger partial charge on any atom is -0.484 e. The van der Waals surface area contributed by atoms with Gasteiger partial charge in [0.15, 0.2) is 0 Å². The van der Waals surface area contributed by atoms with Gasteiger partial charge in [0.05, 0.1) is 4.90 Å². The standard InChI is InChI=1S/C16H17NOS/c1-2-4-13-12(3-1)5-6-14-15(13)18-16(11-19-14)7-9-17-10-8-16/h1-6,17H,7-11H2. The summed E-state index contributed by atoms with van der Waals surface area (Å²) in [6.45, 7) is 2.14. The number of benzene rings is 2. The van der Waals surface area contributed by atoms with Crippen LogP contribution in [0.5, 0.6) is 5.75 Å². The normalized spacial score (nSPS) is 21.1. The van der Waals surface area contributed by atoms with E-state index in [1.165, 1.54) is 15.7 Å². The fourth-order valence-corrected chi connectivity index (χ4v) is 4.24. The number of fused-ring (bicyclic) bond motifs is 3. The zero-order valence-electron chi connectivity index (χ0n) is 10.8. The molecule has 4 rings (SSSR count). The number of hydrogen-bond acceptors (Lipinski definition) is 3. The van der Waals surface area contributed by atoms with Crippen LogP contribution in [0.3, 0.4) is 0 Å². The molecule has 2 aromatic carbocycles. The van der Waals surface area contributed by atoms with Crippen molar-refractivity contribution in [2.75, 3.05) is 18.8 Å². The smallest absolute Gasteiger partial charge is 0.141 e. The SMILES string of the molecule is c1ccc2c3c(ccc2c1)SCC1(CCNCC1)O3. The molecule has 1 N–H and O–H groups in total. The predicted molar refractivity (Wildman–Crippen MR) is 80.1 cm³/mol. The van der Waals surface area contributed by atoms with E-state index in [9.17, 15) is 0 Å². The highest BCUT2D eigenvalue weighted by Crippen LogP contribution is 2.46. The second kappa shape index (κ2) is 4.43. The van der Waals surface area contributed by atoms with Crippen molar-refractivity contribution in [2.24, 2.45) is 0 Å². The van der Waals surface area contributed by atoms with Crippen molar-refractivity contribution in [3.05, 3.63) is 36.4 Å². The molecule has 2 aliphatic heterocycles. The van der Waals surface area contributed by atoms with E-state index < -0.39 is 0 Å². The number of ether oxygens (including phenoxy) is 1. The molecule has 1 spiro atoms. The van der Waals surface area contributed by atoms with Gasteiger partial charge in [0.25, 0.3) is 0 Å². The summed E-state index contributed by atoms with van der Waals surface area (Å²) in [4.78, 5) is 1.29. The first kappa shape index (κ1) is 11.6. The Morgan fingerprint density at radius 1 is 1.05 bits per heavy atom. The molecule has 0 amide bonds. The lowest BCUT2D eigenvalue weighted by molar-refractivity contribution is 0.0555. The van der Waals surface area contributed by atoms with Gasteiger partial charge < -0.3 is 10.1 Å². The van der Waals surface area contributed by atoms with Crippen molar-refractivity contribution in [2.45, 2.75) is 23.3 Å². The molecule has 0 bridgehead atoms. The van der Waals surface area contributed by atoms with Crippen LogP contribution in [0.25, 0.3) is 10.8 Å². The van der Waals surface area contributed by atoms with Gasteiger partial charge in [-0.25, -0.2) is 0 Å². The summed E-state index contributed by atoms with van der Waals surface area (Å²) in [7, 11) is 0. The average Bonchev–Trinajstić information content (AvgIpc) is 2.48. The Morgan fingerprint density at radius 2 is 1.89 bits per heavy atom. The maximum atomic E-state index is 6.51. The second-order valence-electron chi connectivity index (χ2n) is 5.44. The van der Waals surface area contributed by atoms with Crippen LogP contribution in [-0.4, -0.2) is 24.4 Å². The van der Waals surface area contributed by atoms with Crippen molar-refractivity contribution in [1.82, 2.24) is 5.32 Å². The van der Waals surface area contributed by atoms with E-state index in [1.807, 2.05) is 11.8 Å². The van der Waals surface area contributed by atoms with Crippen LogP contribution in [0.4, 0.5) is 0 Å². The lowest BCUT2D eigenvalue weighted by Crippen LogP contribution is -2.49. The molecule has 2 aliphatic rings. The summed E-state index contributed by atoms with van der Waals surface area (Å²) in [5.74, 6) is 2.19. The summed E-state index contributed by atoms with van der Waals surface area (Å²) >= 11 is 1.96. The van der Waals surface area contributed by atoms with Gasteiger partial charge >= 0.3 is 0 Å². The molecule has 19 heavy (non-hydrogen) atoms. The minimum atomic E-state index is 0.0487. The predicted octanol–water partition coefficient (Wildman–Crippen LogP) is 3.45. The molecule has 0 radical (unpaired) electrons. The Bertz CT molecular complexity index is 619. The van der Waals surface area contributed by atoms with Gasteiger partial charge in [0.2, 0.25) is 0 Å². The second-order valence-corrected chi connectivity index (χ2v) is 6.45. The molecule has 0 unspecified atom stereocenters. The zero-order valence-corrected chi connectivity index (χ0v) is 11.6. The van der Waals surface area contributed by atoms with Crippen molar-refractivity contribution in [3.63, 3.8) is 0 Å². The molecule has 3 heteroatoms. The quantitative estimate of drug-likeness (QED) is 0.793. The molecule has 2 heterocycles. The van der Waals surface area contributed by atoms with E-state index >= 15 is 0 Å². The van der Waals surface area contributed by atoms with Crippen LogP contribution in [0.1, 0.15) is 12.8 Å². The molecule has 0 aliphatic carbocycles. The molecule has 0 saturated carbocycles. The van der Waals surface area contributed by atoms with Gasteiger partial charge in [0.1, 0.15) is 11.4 Å². The van der Waals surface area contributed by atoms with Crippen molar-refractivity contribution in [1.29, 1.82) is 0 Å². The van der Waals surface area contributed by atoms with Crippen molar-refractivity contribution in [3.8, 4) is 5.75 Å². The fourth-order valence-electron chi connectivity index (χ4n) is 3.03. The largest absolute Gasteiger partial charge is 0.484 e. The van der Waals surface area contributed by atoms with Crippen LogP contribution in [-0.2, 0) is 0 Å². The lowest BCUT2D eigenvalue weighted by atomic mass is 9.94. The van der Waals surface area contributed by atoms with Gasteiger partial charge in [-0.1, -0.05) is 30.3 Å². The van der Waals surface area contributed by atoms with Crippen molar-refractivity contribution < 1.29 is 4.74 Å². The maximum Gasteiger partial charge on any atom is 0.141 e. The Kier molecular flexibility index (Phi) is 2.71. The third-order valence-electron chi connectivity index (χ3n) is 4.17. The van der Waals surface area contributed by atoms with Gasteiger partial charge in [-0.15, -0.1) is 11.8 Å². The van der Waals surface area contributed by atoms with E-state index in [-0.39, 0.29) is 5.60 Å². The number of nitrogens with one attached hydrogen (secondary N) is 1. The fraction of sp³-hybridized carbons (Fsp3) is 0.375. The summed E-state index contributed by atoms with van der Waals surface area (Å²) in [6, 6.07) is 12.9. The number of rotatable bonds is 0. The van der Waals surface area contributed by atoms with Crippen LogP contribution < -0.4 is 10.1 Å². The highest BCUT2D eigenvalue weighted by atomic mass is 32.2. The van der Waals surface area contributed by atoms with Crippen LogP contribution >= 0.6 is 11.8 Å². The molecule has 1 saturated heterocycles. The Morgan fingerprint density at radius 3 is 2.79 bits per heavy atom.